The van der Waals surface area contributed by atoms with Gasteiger partial charge in [0.1, 0.15) is 6.33 Å². The molecule has 5 nitrogen and oxygen atoms in total. The van der Waals surface area contributed by atoms with Crippen LogP contribution in [0.2, 0.25) is 0 Å². The molecule has 0 aliphatic rings. The largest absolute Gasteiger partial charge is 0.325 e. The van der Waals surface area contributed by atoms with Crippen LogP contribution in [0.15, 0.2) is 29.7 Å². The lowest BCUT2D eigenvalue weighted by atomic mass is 10.1. The van der Waals surface area contributed by atoms with E-state index in [0.29, 0.717) is 10.9 Å². The third kappa shape index (κ3) is 3.10. The van der Waals surface area contributed by atoms with Crippen LogP contribution in [0.3, 0.4) is 0 Å². The van der Waals surface area contributed by atoms with Gasteiger partial charge in [-0.15, -0.1) is 0 Å². The highest BCUT2D eigenvalue weighted by molar-refractivity contribution is 7.99. The van der Waals surface area contributed by atoms with Gasteiger partial charge in [-0.05, 0) is 31.0 Å². The van der Waals surface area contributed by atoms with Gasteiger partial charge in [0.05, 0.1) is 5.75 Å². The third-order valence-electron chi connectivity index (χ3n) is 2.61. The molecule has 1 heterocycles. The summed E-state index contributed by atoms with van der Waals surface area (Å²) >= 11 is 1.32. The zero-order valence-electron chi connectivity index (χ0n) is 10.2. The maximum absolute atomic E-state index is 11.8. The molecule has 0 spiro atoms. The number of thioether (sulfide) groups is 1. The minimum absolute atomic E-state index is 0.0508. The summed E-state index contributed by atoms with van der Waals surface area (Å²) in [5, 5.41) is 9.96. The Hall–Kier alpha value is -1.82. The summed E-state index contributed by atoms with van der Waals surface area (Å²) in [4.78, 5) is 15.7. The quantitative estimate of drug-likeness (QED) is 0.828. The fraction of sp³-hybridized carbons (Fsp3) is 0.250. The molecule has 6 heteroatoms. The molecule has 0 atom stereocenters. The van der Waals surface area contributed by atoms with Crippen LogP contribution in [0.1, 0.15) is 11.1 Å². The van der Waals surface area contributed by atoms with E-state index in [2.05, 4.69) is 20.5 Å². The van der Waals surface area contributed by atoms with Crippen molar-refractivity contribution in [2.24, 2.45) is 0 Å². The van der Waals surface area contributed by atoms with Crippen molar-refractivity contribution in [2.75, 3.05) is 11.1 Å². The number of amides is 1. The second-order valence-electron chi connectivity index (χ2n) is 3.87. The van der Waals surface area contributed by atoms with Crippen LogP contribution in [0.25, 0.3) is 0 Å². The molecule has 2 rings (SSSR count). The van der Waals surface area contributed by atoms with Crippen molar-refractivity contribution < 1.29 is 4.79 Å². The van der Waals surface area contributed by atoms with Crippen LogP contribution < -0.4 is 5.32 Å². The number of anilines is 1. The fourth-order valence-electron chi connectivity index (χ4n) is 1.47. The summed E-state index contributed by atoms with van der Waals surface area (Å²) < 4.78 is 0. The number of nitrogens with zero attached hydrogens (tertiary/aromatic N) is 2. The number of benzene rings is 1. The molecular weight excluding hydrogens is 248 g/mol. The lowest BCUT2D eigenvalue weighted by molar-refractivity contribution is -0.113. The van der Waals surface area contributed by atoms with Crippen molar-refractivity contribution >= 4 is 23.4 Å². The number of rotatable bonds is 4. The number of aromatic amines is 1. The van der Waals surface area contributed by atoms with E-state index in [0.717, 1.165) is 16.8 Å². The van der Waals surface area contributed by atoms with Gasteiger partial charge in [-0.25, -0.2) is 4.98 Å². The van der Waals surface area contributed by atoms with E-state index in [1.807, 2.05) is 32.0 Å². The Morgan fingerprint density at radius 1 is 1.44 bits per heavy atom. The minimum atomic E-state index is -0.0508. The Balaban J connectivity index is 1.93. The standard InChI is InChI=1S/C12H14N4OS/c1-8-4-3-5-10(9(8)2)15-11(17)6-18-12-13-7-14-16-12/h3-5,7H,6H2,1-2H3,(H,15,17)(H,13,14,16). The summed E-state index contributed by atoms with van der Waals surface area (Å²) in [5.41, 5.74) is 3.12. The molecular formula is C12H14N4OS. The molecule has 0 bridgehead atoms. The predicted octanol–water partition coefficient (Wildman–Crippen LogP) is 2.15. The number of nitrogens with one attached hydrogen (secondary N) is 2. The van der Waals surface area contributed by atoms with Crippen LogP contribution in [-0.4, -0.2) is 26.8 Å². The average Bonchev–Trinajstić information content (AvgIpc) is 2.86. The van der Waals surface area contributed by atoms with Crippen molar-refractivity contribution in [3.05, 3.63) is 35.7 Å². The maximum atomic E-state index is 11.8. The molecule has 1 aromatic heterocycles. The van der Waals surface area contributed by atoms with E-state index in [-0.39, 0.29) is 5.91 Å². The van der Waals surface area contributed by atoms with E-state index < -0.39 is 0 Å². The molecule has 0 aliphatic carbocycles. The molecule has 1 aromatic carbocycles. The second-order valence-corrected chi connectivity index (χ2v) is 4.84. The van der Waals surface area contributed by atoms with Crippen molar-refractivity contribution in [1.82, 2.24) is 15.2 Å². The van der Waals surface area contributed by atoms with Gasteiger partial charge < -0.3 is 5.32 Å². The highest BCUT2D eigenvalue weighted by Crippen LogP contribution is 2.18. The fourth-order valence-corrected chi connectivity index (χ4v) is 2.05. The zero-order valence-corrected chi connectivity index (χ0v) is 11.0. The number of carbonyl (C=O) groups excluding carboxylic acids is 1. The summed E-state index contributed by atoms with van der Waals surface area (Å²) in [7, 11) is 0. The van der Waals surface area contributed by atoms with Crippen LogP contribution in [-0.2, 0) is 4.79 Å². The van der Waals surface area contributed by atoms with Crippen molar-refractivity contribution in [2.45, 2.75) is 19.0 Å². The summed E-state index contributed by atoms with van der Waals surface area (Å²) in [6.07, 6.45) is 1.42. The Labute approximate surface area is 109 Å². The van der Waals surface area contributed by atoms with Crippen LogP contribution in [0, 0.1) is 13.8 Å². The minimum Gasteiger partial charge on any atom is -0.325 e. The molecule has 1 amide bonds. The van der Waals surface area contributed by atoms with E-state index in [1.165, 1.54) is 18.1 Å². The highest BCUT2D eigenvalue weighted by atomic mass is 32.2. The second kappa shape index (κ2) is 5.68. The van der Waals surface area contributed by atoms with Crippen molar-refractivity contribution in [1.29, 1.82) is 0 Å². The van der Waals surface area contributed by atoms with Gasteiger partial charge in [-0.1, -0.05) is 23.9 Å². The highest BCUT2D eigenvalue weighted by Gasteiger charge is 2.07. The molecule has 94 valence electrons. The van der Waals surface area contributed by atoms with Gasteiger partial charge in [0, 0.05) is 5.69 Å². The van der Waals surface area contributed by atoms with Crippen molar-refractivity contribution in [3.63, 3.8) is 0 Å². The first kappa shape index (κ1) is 12.6. The van der Waals surface area contributed by atoms with E-state index in [1.54, 1.807) is 0 Å². The number of H-pyrrole nitrogens is 1. The number of hydrogen-bond donors (Lipinski definition) is 2. The first-order valence-corrected chi connectivity index (χ1v) is 6.49. The lowest BCUT2D eigenvalue weighted by Crippen LogP contribution is -2.15. The zero-order chi connectivity index (χ0) is 13.0. The molecule has 0 fully saturated rings. The predicted molar refractivity (Wildman–Crippen MR) is 71.7 cm³/mol. The SMILES string of the molecule is Cc1cccc(NC(=O)CSc2ncn[nH]2)c1C. The number of carbonyl (C=O) groups is 1. The molecule has 0 radical (unpaired) electrons. The van der Waals surface area contributed by atoms with Crippen molar-refractivity contribution in [3.8, 4) is 0 Å². The summed E-state index contributed by atoms with van der Waals surface area (Å²) in [6, 6.07) is 5.86. The van der Waals surface area contributed by atoms with Gasteiger partial charge in [0.25, 0.3) is 0 Å². The topological polar surface area (TPSA) is 70.7 Å². The van der Waals surface area contributed by atoms with Crippen LogP contribution in [0.4, 0.5) is 5.69 Å². The number of hydrogen-bond acceptors (Lipinski definition) is 4. The smallest absolute Gasteiger partial charge is 0.234 e. The molecule has 0 aliphatic heterocycles. The molecule has 0 saturated carbocycles. The lowest BCUT2D eigenvalue weighted by Gasteiger charge is -2.09. The Morgan fingerprint density at radius 3 is 3.00 bits per heavy atom. The first-order chi connectivity index (χ1) is 8.66. The van der Waals surface area contributed by atoms with Crippen LogP contribution >= 0.6 is 11.8 Å². The first-order valence-electron chi connectivity index (χ1n) is 5.51. The Kier molecular flexibility index (Phi) is 3.99. The summed E-state index contributed by atoms with van der Waals surface area (Å²) in [6.45, 7) is 4.02. The molecule has 18 heavy (non-hydrogen) atoms. The molecule has 2 aromatic rings. The average molecular weight is 262 g/mol. The van der Waals surface area contributed by atoms with Gasteiger partial charge in [-0.3, -0.25) is 9.89 Å². The maximum Gasteiger partial charge on any atom is 0.234 e. The van der Waals surface area contributed by atoms with E-state index >= 15 is 0 Å². The molecule has 0 unspecified atom stereocenters. The van der Waals surface area contributed by atoms with Gasteiger partial charge in [-0.2, -0.15) is 5.10 Å². The Morgan fingerprint density at radius 2 is 2.28 bits per heavy atom. The number of aryl methyl sites for hydroxylation is 1. The third-order valence-corrected chi connectivity index (χ3v) is 3.49. The van der Waals surface area contributed by atoms with Gasteiger partial charge in [0.15, 0.2) is 5.16 Å². The Bertz CT molecular complexity index is 539. The molecule has 0 saturated heterocycles. The van der Waals surface area contributed by atoms with E-state index in [4.69, 9.17) is 0 Å². The normalized spacial score (nSPS) is 10.3. The van der Waals surface area contributed by atoms with E-state index in [9.17, 15) is 4.79 Å². The van der Waals surface area contributed by atoms with Crippen LogP contribution in [0.5, 0.6) is 0 Å². The monoisotopic (exact) mass is 262 g/mol. The van der Waals surface area contributed by atoms with Gasteiger partial charge >= 0.3 is 0 Å². The number of aromatic nitrogens is 3. The summed E-state index contributed by atoms with van der Waals surface area (Å²) in [5.74, 6) is 0.257. The van der Waals surface area contributed by atoms with Gasteiger partial charge in [0.2, 0.25) is 5.91 Å². The molecule has 2 N–H and O–H groups in total.